The Hall–Kier alpha value is -0.835. The summed E-state index contributed by atoms with van der Waals surface area (Å²) in [6.45, 7) is 3.18. The van der Waals surface area contributed by atoms with Crippen LogP contribution < -0.4 is 10.8 Å². The SMILES string of the molecule is c1ccc(B2OCCNCCO2)cc1. The summed E-state index contributed by atoms with van der Waals surface area (Å²) in [6, 6.07) is 10.0. The van der Waals surface area contributed by atoms with Gasteiger partial charge in [-0.25, -0.2) is 0 Å². The average Bonchev–Trinajstić information content (AvgIpc) is 2.18. The van der Waals surface area contributed by atoms with E-state index in [-0.39, 0.29) is 7.12 Å². The molecule has 1 N–H and O–H groups in total. The highest BCUT2D eigenvalue weighted by Crippen LogP contribution is 1.94. The van der Waals surface area contributed by atoms with Gasteiger partial charge >= 0.3 is 7.12 Å². The number of hydrogen-bond acceptors (Lipinski definition) is 3. The second kappa shape index (κ2) is 5.15. The van der Waals surface area contributed by atoms with E-state index in [2.05, 4.69) is 5.32 Å². The van der Waals surface area contributed by atoms with Gasteiger partial charge < -0.3 is 14.6 Å². The van der Waals surface area contributed by atoms with Crippen LogP contribution in [0.5, 0.6) is 0 Å². The molecule has 0 radical (unpaired) electrons. The minimum atomic E-state index is -0.196. The van der Waals surface area contributed by atoms with Gasteiger partial charge in [-0.3, -0.25) is 0 Å². The Bertz CT molecular complexity index is 260. The molecule has 0 atom stereocenters. The lowest BCUT2D eigenvalue weighted by Crippen LogP contribution is -2.42. The van der Waals surface area contributed by atoms with Gasteiger partial charge in [-0.2, -0.15) is 0 Å². The molecule has 1 aromatic rings. The van der Waals surface area contributed by atoms with Crippen molar-refractivity contribution in [2.24, 2.45) is 0 Å². The van der Waals surface area contributed by atoms with Crippen LogP contribution in [0.3, 0.4) is 0 Å². The molecule has 4 heteroatoms. The fourth-order valence-electron chi connectivity index (χ4n) is 1.45. The summed E-state index contributed by atoms with van der Waals surface area (Å²) in [6.07, 6.45) is 0. The fourth-order valence-corrected chi connectivity index (χ4v) is 1.45. The summed E-state index contributed by atoms with van der Waals surface area (Å²) in [5.74, 6) is 0. The minimum Gasteiger partial charge on any atom is -0.406 e. The van der Waals surface area contributed by atoms with E-state index in [1.54, 1.807) is 0 Å². The number of nitrogens with one attached hydrogen (secondary N) is 1. The standard InChI is InChI=1S/C10H14BNO2/c1-2-4-10(5-3-1)11-13-8-6-12-7-9-14-11/h1-5,12H,6-9H2. The lowest BCUT2D eigenvalue weighted by molar-refractivity contribution is 0.187. The summed E-state index contributed by atoms with van der Waals surface area (Å²) in [4.78, 5) is 0. The van der Waals surface area contributed by atoms with Crippen molar-refractivity contribution in [1.29, 1.82) is 0 Å². The van der Waals surface area contributed by atoms with Gasteiger partial charge in [0.15, 0.2) is 0 Å². The topological polar surface area (TPSA) is 30.5 Å². The van der Waals surface area contributed by atoms with Gasteiger partial charge in [0.05, 0.1) is 0 Å². The molecule has 1 aliphatic heterocycles. The first kappa shape index (κ1) is 9.71. The smallest absolute Gasteiger partial charge is 0.406 e. The van der Waals surface area contributed by atoms with Crippen molar-refractivity contribution in [1.82, 2.24) is 5.32 Å². The van der Waals surface area contributed by atoms with E-state index < -0.39 is 0 Å². The normalized spacial score (nSPS) is 18.7. The summed E-state index contributed by atoms with van der Waals surface area (Å²) in [7, 11) is -0.196. The summed E-state index contributed by atoms with van der Waals surface area (Å²) >= 11 is 0. The zero-order valence-electron chi connectivity index (χ0n) is 8.11. The molecule has 0 unspecified atom stereocenters. The molecule has 1 heterocycles. The van der Waals surface area contributed by atoms with Gasteiger partial charge in [0.1, 0.15) is 0 Å². The van der Waals surface area contributed by atoms with Crippen molar-refractivity contribution >= 4 is 12.6 Å². The van der Waals surface area contributed by atoms with Gasteiger partial charge in [-0.15, -0.1) is 0 Å². The molecule has 1 fully saturated rings. The highest BCUT2D eigenvalue weighted by Gasteiger charge is 2.21. The van der Waals surface area contributed by atoms with Crippen LogP contribution in [-0.4, -0.2) is 33.4 Å². The van der Waals surface area contributed by atoms with E-state index in [4.69, 9.17) is 9.31 Å². The maximum Gasteiger partial charge on any atom is 0.493 e. The van der Waals surface area contributed by atoms with Crippen LogP contribution in [0.4, 0.5) is 0 Å². The van der Waals surface area contributed by atoms with Gasteiger partial charge in [-0.05, 0) is 5.46 Å². The molecular weight excluding hydrogens is 177 g/mol. The molecule has 0 saturated carbocycles. The van der Waals surface area contributed by atoms with Crippen molar-refractivity contribution in [2.45, 2.75) is 0 Å². The van der Waals surface area contributed by atoms with Crippen LogP contribution in [-0.2, 0) is 9.31 Å². The third kappa shape index (κ3) is 2.58. The Kier molecular flexibility index (Phi) is 3.57. The van der Waals surface area contributed by atoms with E-state index in [0.29, 0.717) is 13.2 Å². The maximum absolute atomic E-state index is 5.58. The van der Waals surface area contributed by atoms with Crippen molar-refractivity contribution in [2.75, 3.05) is 26.3 Å². The summed E-state index contributed by atoms with van der Waals surface area (Å²) < 4.78 is 11.2. The van der Waals surface area contributed by atoms with Crippen LogP contribution in [0, 0.1) is 0 Å². The Labute approximate surface area is 84.6 Å². The average molecular weight is 191 g/mol. The van der Waals surface area contributed by atoms with Gasteiger partial charge in [0, 0.05) is 26.3 Å². The third-order valence-electron chi connectivity index (χ3n) is 2.17. The quantitative estimate of drug-likeness (QED) is 0.634. The largest absolute Gasteiger partial charge is 0.493 e. The molecule has 0 aliphatic carbocycles. The molecule has 3 nitrogen and oxygen atoms in total. The van der Waals surface area contributed by atoms with Crippen molar-refractivity contribution < 1.29 is 9.31 Å². The first-order valence-electron chi connectivity index (χ1n) is 4.96. The Morgan fingerprint density at radius 1 is 1.00 bits per heavy atom. The van der Waals surface area contributed by atoms with Crippen LogP contribution >= 0.6 is 0 Å². The zero-order valence-corrected chi connectivity index (χ0v) is 8.11. The Balaban J connectivity index is 2.01. The minimum absolute atomic E-state index is 0.196. The molecule has 2 rings (SSSR count). The van der Waals surface area contributed by atoms with E-state index in [9.17, 15) is 0 Å². The molecule has 0 amide bonds. The van der Waals surface area contributed by atoms with Crippen LogP contribution in [0.15, 0.2) is 30.3 Å². The van der Waals surface area contributed by atoms with Crippen LogP contribution in [0.1, 0.15) is 0 Å². The molecule has 74 valence electrons. The second-order valence-corrected chi connectivity index (χ2v) is 3.23. The van der Waals surface area contributed by atoms with Crippen molar-refractivity contribution in [3.63, 3.8) is 0 Å². The molecule has 14 heavy (non-hydrogen) atoms. The first-order chi connectivity index (χ1) is 6.97. The van der Waals surface area contributed by atoms with Crippen molar-refractivity contribution in [3.8, 4) is 0 Å². The molecule has 0 bridgehead atoms. The maximum atomic E-state index is 5.58. The molecule has 0 spiro atoms. The third-order valence-corrected chi connectivity index (χ3v) is 2.17. The second-order valence-electron chi connectivity index (χ2n) is 3.23. The molecule has 1 aliphatic rings. The first-order valence-corrected chi connectivity index (χ1v) is 4.96. The highest BCUT2D eigenvalue weighted by molar-refractivity contribution is 6.61. The lowest BCUT2D eigenvalue weighted by Gasteiger charge is -2.18. The summed E-state index contributed by atoms with van der Waals surface area (Å²) in [5.41, 5.74) is 1.09. The zero-order chi connectivity index (χ0) is 9.64. The van der Waals surface area contributed by atoms with Crippen molar-refractivity contribution in [3.05, 3.63) is 30.3 Å². The fraction of sp³-hybridized carbons (Fsp3) is 0.400. The van der Waals surface area contributed by atoms with Gasteiger partial charge in [0.2, 0.25) is 0 Å². The van der Waals surface area contributed by atoms with E-state index in [1.807, 2.05) is 30.3 Å². The Morgan fingerprint density at radius 2 is 1.64 bits per heavy atom. The predicted octanol–water partition coefficient (Wildman–Crippen LogP) is 0.0182. The highest BCUT2D eigenvalue weighted by atomic mass is 16.6. The number of hydrogen-bond donors (Lipinski definition) is 1. The molecular formula is C10H14BNO2. The number of benzene rings is 1. The van der Waals surface area contributed by atoms with E-state index in [0.717, 1.165) is 18.6 Å². The monoisotopic (exact) mass is 191 g/mol. The van der Waals surface area contributed by atoms with Gasteiger partial charge in [0.25, 0.3) is 0 Å². The van der Waals surface area contributed by atoms with Crippen LogP contribution in [0.25, 0.3) is 0 Å². The predicted molar refractivity (Wildman–Crippen MR) is 56.6 cm³/mol. The van der Waals surface area contributed by atoms with Crippen LogP contribution in [0.2, 0.25) is 0 Å². The molecule has 1 saturated heterocycles. The lowest BCUT2D eigenvalue weighted by atomic mass is 9.79. The molecule has 0 aromatic heterocycles. The van der Waals surface area contributed by atoms with E-state index in [1.165, 1.54) is 0 Å². The summed E-state index contributed by atoms with van der Waals surface area (Å²) in [5, 5.41) is 3.21. The van der Waals surface area contributed by atoms with Gasteiger partial charge in [-0.1, -0.05) is 30.3 Å². The number of rotatable bonds is 1. The van der Waals surface area contributed by atoms with E-state index >= 15 is 0 Å². The molecule has 1 aromatic carbocycles. The Morgan fingerprint density at radius 3 is 2.29 bits per heavy atom.